The highest BCUT2D eigenvalue weighted by molar-refractivity contribution is 7.23. The number of ketones is 1. The second kappa shape index (κ2) is 9.87. The van der Waals surface area contributed by atoms with Gasteiger partial charge in [0.2, 0.25) is 0 Å². The third kappa shape index (κ3) is 4.65. The number of phenolic OH excluding ortho intramolecular Hbond substituents is 2. The molecule has 5 rings (SSSR count). The molecule has 1 aliphatic heterocycles. The van der Waals surface area contributed by atoms with Gasteiger partial charge in [0.05, 0.1) is 4.70 Å². The van der Waals surface area contributed by atoms with Crippen molar-refractivity contribution < 1.29 is 19.7 Å². The molecule has 0 aliphatic carbocycles. The van der Waals surface area contributed by atoms with E-state index in [0.29, 0.717) is 22.4 Å². The summed E-state index contributed by atoms with van der Waals surface area (Å²) in [5, 5.41) is 20.8. The van der Waals surface area contributed by atoms with E-state index < -0.39 is 0 Å². The second-order valence-corrected chi connectivity index (χ2v) is 9.63. The van der Waals surface area contributed by atoms with Crippen molar-refractivity contribution in [2.75, 3.05) is 26.2 Å². The molecule has 0 saturated carbocycles. The molecule has 0 amide bonds. The molecule has 6 heteroatoms. The molecule has 1 saturated heterocycles. The molecule has 3 aromatic carbocycles. The number of ether oxygens (including phenoxy) is 1. The number of hydrogen-bond donors (Lipinski definition) is 2. The van der Waals surface area contributed by atoms with Crippen molar-refractivity contribution in [3.05, 3.63) is 77.9 Å². The number of likely N-dealkylation sites (tertiary alicyclic amines) is 1. The van der Waals surface area contributed by atoms with Crippen LogP contribution in [0.25, 0.3) is 20.5 Å². The summed E-state index contributed by atoms with van der Waals surface area (Å²) in [5.74, 6) is 0.954. The summed E-state index contributed by atoms with van der Waals surface area (Å²) in [6.45, 7) is 3.84. The van der Waals surface area contributed by atoms with E-state index in [-0.39, 0.29) is 17.3 Å². The van der Waals surface area contributed by atoms with E-state index in [2.05, 4.69) is 4.90 Å². The third-order valence-electron chi connectivity index (χ3n) is 6.29. The molecule has 1 aliphatic rings. The molecule has 34 heavy (non-hydrogen) atoms. The Morgan fingerprint density at radius 1 is 0.912 bits per heavy atom. The number of thiophene rings is 1. The van der Waals surface area contributed by atoms with E-state index in [1.807, 2.05) is 18.2 Å². The van der Waals surface area contributed by atoms with Crippen LogP contribution in [-0.4, -0.2) is 47.1 Å². The van der Waals surface area contributed by atoms with E-state index in [4.69, 9.17) is 4.74 Å². The first-order valence-corrected chi connectivity index (χ1v) is 12.5. The Morgan fingerprint density at radius 3 is 2.38 bits per heavy atom. The van der Waals surface area contributed by atoms with Gasteiger partial charge in [0, 0.05) is 27.9 Å². The molecular formula is C28H27NO4S. The van der Waals surface area contributed by atoms with E-state index >= 15 is 0 Å². The van der Waals surface area contributed by atoms with Crippen LogP contribution in [0.2, 0.25) is 0 Å². The lowest BCUT2D eigenvalue weighted by atomic mass is 9.97. The minimum Gasteiger partial charge on any atom is -0.508 e. The second-order valence-electron chi connectivity index (χ2n) is 8.61. The smallest absolute Gasteiger partial charge is 0.195 e. The lowest BCUT2D eigenvalue weighted by Crippen LogP contribution is -2.33. The Morgan fingerprint density at radius 2 is 1.65 bits per heavy atom. The highest BCUT2D eigenvalue weighted by atomic mass is 32.1. The van der Waals surface area contributed by atoms with Crippen molar-refractivity contribution >= 4 is 27.2 Å². The van der Waals surface area contributed by atoms with Crippen molar-refractivity contribution in [1.29, 1.82) is 0 Å². The molecule has 0 unspecified atom stereocenters. The van der Waals surface area contributed by atoms with Gasteiger partial charge in [-0.15, -0.1) is 11.3 Å². The molecular weight excluding hydrogens is 446 g/mol. The van der Waals surface area contributed by atoms with Gasteiger partial charge in [0.25, 0.3) is 0 Å². The van der Waals surface area contributed by atoms with E-state index in [1.54, 1.807) is 48.5 Å². The van der Waals surface area contributed by atoms with E-state index in [0.717, 1.165) is 41.2 Å². The third-order valence-corrected chi connectivity index (χ3v) is 7.57. The van der Waals surface area contributed by atoms with Crippen LogP contribution in [0.5, 0.6) is 17.2 Å². The molecule has 5 nitrogen and oxygen atoms in total. The zero-order valence-electron chi connectivity index (χ0n) is 18.9. The molecule has 1 fully saturated rings. The average Bonchev–Trinajstić information content (AvgIpc) is 3.26. The number of rotatable bonds is 7. The fourth-order valence-electron chi connectivity index (χ4n) is 4.47. The maximum atomic E-state index is 13.7. The summed E-state index contributed by atoms with van der Waals surface area (Å²) in [6, 6.07) is 19.3. The topological polar surface area (TPSA) is 70.0 Å². The minimum absolute atomic E-state index is 0.111. The van der Waals surface area contributed by atoms with Crippen molar-refractivity contribution in [3.63, 3.8) is 0 Å². The van der Waals surface area contributed by atoms with Crippen LogP contribution in [0.4, 0.5) is 0 Å². The van der Waals surface area contributed by atoms with Crippen LogP contribution in [-0.2, 0) is 0 Å². The van der Waals surface area contributed by atoms with Crippen molar-refractivity contribution in [1.82, 2.24) is 4.90 Å². The first-order chi connectivity index (χ1) is 16.6. The van der Waals surface area contributed by atoms with Gasteiger partial charge >= 0.3 is 0 Å². The quantitative estimate of drug-likeness (QED) is 0.319. The van der Waals surface area contributed by atoms with E-state index in [1.165, 1.54) is 30.6 Å². The molecule has 0 atom stereocenters. The van der Waals surface area contributed by atoms with Gasteiger partial charge in [-0.1, -0.05) is 18.6 Å². The molecule has 2 N–H and O–H groups in total. The fourth-order valence-corrected chi connectivity index (χ4v) is 5.68. The molecule has 0 bridgehead atoms. The van der Waals surface area contributed by atoms with Crippen LogP contribution < -0.4 is 4.74 Å². The zero-order valence-corrected chi connectivity index (χ0v) is 19.7. The summed E-state index contributed by atoms with van der Waals surface area (Å²) in [4.78, 5) is 16.9. The Hall–Kier alpha value is -3.35. The highest BCUT2D eigenvalue weighted by Crippen LogP contribution is 2.43. The fraction of sp³-hybridized carbons (Fsp3) is 0.250. The molecule has 0 spiro atoms. The summed E-state index contributed by atoms with van der Waals surface area (Å²) in [7, 11) is 0. The number of carbonyl (C=O) groups excluding carboxylic acids is 1. The summed E-state index contributed by atoms with van der Waals surface area (Å²) in [5.41, 5.74) is 1.94. The lowest BCUT2D eigenvalue weighted by Gasteiger charge is -2.26. The molecule has 1 aromatic heterocycles. The Bertz CT molecular complexity index is 1290. The normalized spacial score (nSPS) is 14.4. The van der Waals surface area contributed by atoms with E-state index in [9.17, 15) is 15.0 Å². The Labute approximate surface area is 202 Å². The Kier molecular flexibility index (Phi) is 6.52. The number of benzene rings is 3. The van der Waals surface area contributed by atoms with Gasteiger partial charge in [-0.25, -0.2) is 0 Å². The van der Waals surface area contributed by atoms with Crippen molar-refractivity contribution in [2.45, 2.75) is 19.3 Å². The van der Waals surface area contributed by atoms with Gasteiger partial charge < -0.3 is 14.9 Å². The lowest BCUT2D eigenvalue weighted by molar-refractivity contribution is 0.104. The zero-order chi connectivity index (χ0) is 23.5. The van der Waals surface area contributed by atoms with Crippen molar-refractivity contribution in [3.8, 4) is 27.7 Å². The molecule has 2 heterocycles. The number of nitrogens with zero attached hydrogens (tertiary/aromatic N) is 1. The maximum absolute atomic E-state index is 13.7. The SMILES string of the molecule is O=C(c1ccc(OCCN2CCCCC2)cc1)c1c(-c2ccc(O)cc2)sc2c(O)cccc12. The number of phenols is 2. The number of aromatic hydroxyl groups is 2. The summed E-state index contributed by atoms with van der Waals surface area (Å²) in [6.07, 6.45) is 3.84. The highest BCUT2D eigenvalue weighted by Gasteiger charge is 2.23. The van der Waals surface area contributed by atoms with Gasteiger partial charge in [-0.2, -0.15) is 0 Å². The molecule has 174 valence electrons. The summed E-state index contributed by atoms with van der Waals surface area (Å²) < 4.78 is 6.59. The Balaban J connectivity index is 1.40. The first kappa shape index (κ1) is 22.4. The standard InChI is InChI=1S/C28H27NO4S/c30-21-11-7-20(8-12-21)27-25(23-5-4-6-24(31)28(23)34-27)26(32)19-9-13-22(14-10-19)33-18-17-29-15-2-1-3-16-29/h4-14,30-31H,1-3,15-18H2. The molecule has 4 aromatic rings. The van der Waals surface area contributed by atoms with Crippen LogP contribution in [0.15, 0.2) is 66.7 Å². The predicted molar refractivity (Wildman–Crippen MR) is 136 cm³/mol. The van der Waals surface area contributed by atoms with Crippen molar-refractivity contribution in [2.24, 2.45) is 0 Å². The molecule has 0 radical (unpaired) electrons. The number of hydrogen-bond acceptors (Lipinski definition) is 6. The predicted octanol–water partition coefficient (Wildman–Crippen LogP) is 6.08. The number of fused-ring (bicyclic) bond motifs is 1. The average molecular weight is 474 g/mol. The van der Waals surface area contributed by atoms with Crippen LogP contribution >= 0.6 is 11.3 Å². The van der Waals surface area contributed by atoms with Crippen LogP contribution in [0, 0.1) is 0 Å². The monoisotopic (exact) mass is 473 g/mol. The minimum atomic E-state index is -0.111. The number of piperidine rings is 1. The maximum Gasteiger partial charge on any atom is 0.195 e. The summed E-state index contributed by atoms with van der Waals surface area (Å²) >= 11 is 1.38. The first-order valence-electron chi connectivity index (χ1n) is 11.6. The van der Waals surface area contributed by atoms with Gasteiger partial charge in [0.15, 0.2) is 5.78 Å². The van der Waals surface area contributed by atoms with Gasteiger partial charge in [-0.05, 0) is 86.1 Å². The van der Waals surface area contributed by atoms with Gasteiger partial charge in [-0.3, -0.25) is 9.69 Å². The van der Waals surface area contributed by atoms with Gasteiger partial charge in [0.1, 0.15) is 23.9 Å². The van der Waals surface area contributed by atoms with Crippen LogP contribution in [0.1, 0.15) is 35.2 Å². The number of carbonyl (C=O) groups is 1. The largest absolute Gasteiger partial charge is 0.508 e. The van der Waals surface area contributed by atoms with Crippen LogP contribution in [0.3, 0.4) is 0 Å².